The van der Waals surface area contributed by atoms with Crippen molar-refractivity contribution in [2.75, 3.05) is 0 Å². The molecule has 0 fully saturated rings. The van der Waals surface area contributed by atoms with Crippen LogP contribution in [-0.2, 0) is 13.2 Å². The lowest BCUT2D eigenvalue weighted by atomic mass is 10.2. The van der Waals surface area contributed by atoms with Gasteiger partial charge in [-0.2, -0.15) is 5.10 Å². The van der Waals surface area contributed by atoms with Crippen molar-refractivity contribution in [3.05, 3.63) is 52.6 Å². The van der Waals surface area contributed by atoms with E-state index in [0.717, 1.165) is 22.5 Å². The molecule has 4 heteroatoms. The Morgan fingerprint density at radius 1 is 1.24 bits per heavy atom. The Hall–Kier alpha value is -1.68. The van der Waals surface area contributed by atoms with Crippen LogP contribution in [0.1, 0.15) is 22.5 Å². The van der Waals surface area contributed by atoms with E-state index < -0.39 is 0 Å². The van der Waals surface area contributed by atoms with E-state index in [4.69, 9.17) is 0 Å². The fraction of sp³-hybridized carbons (Fsp3) is 0.308. The maximum absolute atomic E-state index is 12.8. The van der Waals surface area contributed by atoms with Gasteiger partial charge in [0.2, 0.25) is 0 Å². The Kier molecular flexibility index (Phi) is 3.24. The summed E-state index contributed by atoms with van der Waals surface area (Å²) in [6.45, 7) is 4.39. The molecule has 0 saturated carbocycles. The van der Waals surface area contributed by atoms with Crippen LogP contribution in [0.25, 0.3) is 0 Å². The molecule has 0 bridgehead atoms. The van der Waals surface area contributed by atoms with Crippen molar-refractivity contribution in [3.8, 4) is 0 Å². The summed E-state index contributed by atoms with van der Waals surface area (Å²) in [4.78, 5) is 0. The van der Waals surface area contributed by atoms with Crippen molar-refractivity contribution >= 4 is 0 Å². The molecule has 2 rings (SSSR count). The van der Waals surface area contributed by atoms with E-state index in [1.165, 1.54) is 12.1 Å². The zero-order chi connectivity index (χ0) is 12.4. The first-order valence-corrected chi connectivity index (χ1v) is 5.50. The highest BCUT2D eigenvalue weighted by molar-refractivity contribution is 5.25. The van der Waals surface area contributed by atoms with Crippen LogP contribution in [0.3, 0.4) is 0 Å². The normalized spacial score (nSPS) is 10.8. The number of aromatic nitrogens is 2. The molecule has 0 atom stereocenters. The third-order valence-corrected chi connectivity index (χ3v) is 2.94. The van der Waals surface area contributed by atoms with Crippen LogP contribution in [0.2, 0.25) is 0 Å². The van der Waals surface area contributed by atoms with Crippen molar-refractivity contribution < 1.29 is 9.50 Å². The number of rotatable bonds is 3. The van der Waals surface area contributed by atoms with Gasteiger partial charge in [-0.3, -0.25) is 4.68 Å². The summed E-state index contributed by atoms with van der Waals surface area (Å²) in [5.41, 5.74) is 3.65. The predicted molar refractivity (Wildman–Crippen MR) is 63.1 cm³/mol. The minimum Gasteiger partial charge on any atom is -0.392 e. The maximum Gasteiger partial charge on any atom is 0.123 e. The van der Waals surface area contributed by atoms with E-state index in [0.29, 0.717) is 6.54 Å². The lowest BCUT2D eigenvalue weighted by Crippen LogP contribution is -2.04. The Morgan fingerprint density at radius 3 is 2.41 bits per heavy atom. The standard InChI is InChI=1S/C13H15FN2O/c1-9-13(8-17)10(2)16(15-9)7-11-3-5-12(14)6-4-11/h3-6,17H,7-8H2,1-2H3. The van der Waals surface area contributed by atoms with Crippen LogP contribution in [-0.4, -0.2) is 14.9 Å². The second-order valence-electron chi connectivity index (χ2n) is 4.09. The van der Waals surface area contributed by atoms with Gasteiger partial charge in [0, 0.05) is 11.3 Å². The molecule has 0 radical (unpaired) electrons. The van der Waals surface area contributed by atoms with E-state index >= 15 is 0 Å². The molecule has 90 valence electrons. The highest BCUT2D eigenvalue weighted by atomic mass is 19.1. The van der Waals surface area contributed by atoms with E-state index in [-0.39, 0.29) is 12.4 Å². The number of hydrogen-bond donors (Lipinski definition) is 1. The maximum atomic E-state index is 12.8. The lowest BCUT2D eigenvalue weighted by molar-refractivity contribution is 0.280. The first-order valence-electron chi connectivity index (χ1n) is 5.50. The molecule has 0 spiro atoms. The van der Waals surface area contributed by atoms with E-state index in [9.17, 15) is 9.50 Å². The fourth-order valence-electron chi connectivity index (χ4n) is 1.88. The molecule has 1 aromatic heterocycles. The first-order chi connectivity index (χ1) is 8.11. The molecular formula is C13H15FN2O. The lowest BCUT2D eigenvalue weighted by Gasteiger charge is -2.05. The number of hydrogen-bond acceptors (Lipinski definition) is 2. The van der Waals surface area contributed by atoms with Gasteiger partial charge in [-0.15, -0.1) is 0 Å². The van der Waals surface area contributed by atoms with Crippen molar-refractivity contribution in [1.82, 2.24) is 9.78 Å². The minimum atomic E-state index is -0.238. The van der Waals surface area contributed by atoms with E-state index in [1.54, 1.807) is 12.1 Å². The molecule has 0 aliphatic carbocycles. The van der Waals surface area contributed by atoms with E-state index in [1.807, 2.05) is 18.5 Å². The van der Waals surface area contributed by atoms with Gasteiger partial charge in [-0.05, 0) is 31.5 Å². The van der Waals surface area contributed by atoms with Crippen LogP contribution in [0.5, 0.6) is 0 Å². The average molecular weight is 234 g/mol. The zero-order valence-electron chi connectivity index (χ0n) is 9.94. The quantitative estimate of drug-likeness (QED) is 0.884. The fourth-order valence-corrected chi connectivity index (χ4v) is 1.88. The van der Waals surface area contributed by atoms with Crippen LogP contribution in [0, 0.1) is 19.7 Å². The zero-order valence-corrected chi connectivity index (χ0v) is 9.94. The number of aryl methyl sites for hydroxylation is 1. The molecular weight excluding hydrogens is 219 g/mol. The summed E-state index contributed by atoms with van der Waals surface area (Å²) >= 11 is 0. The van der Waals surface area contributed by atoms with Gasteiger partial charge in [0.15, 0.2) is 0 Å². The molecule has 17 heavy (non-hydrogen) atoms. The molecule has 0 aliphatic rings. The van der Waals surface area contributed by atoms with Crippen molar-refractivity contribution in [2.24, 2.45) is 0 Å². The minimum absolute atomic E-state index is 0.00108. The molecule has 3 nitrogen and oxygen atoms in total. The number of halogens is 1. The molecule has 0 saturated heterocycles. The van der Waals surface area contributed by atoms with Crippen molar-refractivity contribution in [3.63, 3.8) is 0 Å². The van der Waals surface area contributed by atoms with Crippen LogP contribution < -0.4 is 0 Å². The smallest absolute Gasteiger partial charge is 0.123 e. The van der Waals surface area contributed by atoms with Gasteiger partial charge in [0.25, 0.3) is 0 Å². The largest absolute Gasteiger partial charge is 0.392 e. The summed E-state index contributed by atoms with van der Waals surface area (Å²) in [7, 11) is 0. The average Bonchev–Trinajstić information content (AvgIpc) is 2.57. The topological polar surface area (TPSA) is 38.0 Å². The molecule has 1 N–H and O–H groups in total. The Morgan fingerprint density at radius 2 is 1.88 bits per heavy atom. The Bertz CT molecular complexity index is 517. The van der Waals surface area contributed by atoms with Crippen molar-refractivity contribution in [2.45, 2.75) is 27.0 Å². The summed E-state index contributed by atoms with van der Waals surface area (Å²) in [6.07, 6.45) is 0. The summed E-state index contributed by atoms with van der Waals surface area (Å²) in [5.74, 6) is -0.238. The van der Waals surface area contributed by atoms with Crippen LogP contribution in [0.15, 0.2) is 24.3 Å². The second kappa shape index (κ2) is 4.67. The Balaban J connectivity index is 2.27. The van der Waals surface area contributed by atoms with Gasteiger partial charge < -0.3 is 5.11 Å². The van der Waals surface area contributed by atoms with Gasteiger partial charge >= 0.3 is 0 Å². The highest BCUT2D eigenvalue weighted by Gasteiger charge is 2.10. The number of benzene rings is 1. The second-order valence-corrected chi connectivity index (χ2v) is 4.09. The predicted octanol–water partition coefficient (Wildman–Crippen LogP) is 2.18. The molecule has 2 aromatic rings. The number of aliphatic hydroxyl groups is 1. The van der Waals surface area contributed by atoms with Gasteiger partial charge in [-0.1, -0.05) is 12.1 Å². The SMILES string of the molecule is Cc1nn(Cc2ccc(F)cc2)c(C)c1CO. The highest BCUT2D eigenvalue weighted by Crippen LogP contribution is 2.14. The molecule has 0 aliphatic heterocycles. The molecule has 1 aromatic carbocycles. The van der Waals surface area contributed by atoms with E-state index in [2.05, 4.69) is 5.10 Å². The Labute approximate surface area is 99.5 Å². The van der Waals surface area contributed by atoms with Gasteiger partial charge in [0.05, 0.1) is 18.8 Å². The molecule has 1 heterocycles. The van der Waals surface area contributed by atoms with Crippen molar-refractivity contribution in [1.29, 1.82) is 0 Å². The number of aliphatic hydroxyl groups excluding tert-OH is 1. The summed E-state index contributed by atoms with van der Waals surface area (Å²) in [5, 5.41) is 13.6. The molecule has 0 unspecified atom stereocenters. The van der Waals surface area contributed by atoms with Crippen LogP contribution in [0.4, 0.5) is 4.39 Å². The number of nitrogens with zero attached hydrogens (tertiary/aromatic N) is 2. The first kappa shape index (κ1) is 11.8. The summed E-state index contributed by atoms with van der Waals surface area (Å²) in [6, 6.07) is 6.36. The third-order valence-electron chi connectivity index (χ3n) is 2.94. The van der Waals surface area contributed by atoms with Crippen LogP contribution >= 0.6 is 0 Å². The third kappa shape index (κ3) is 2.36. The monoisotopic (exact) mass is 234 g/mol. The molecule has 0 amide bonds. The van der Waals surface area contributed by atoms with Gasteiger partial charge in [-0.25, -0.2) is 4.39 Å². The van der Waals surface area contributed by atoms with Gasteiger partial charge in [0.1, 0.15) is 5.82 Å². The summed E-state index contributed by atoms with van der Waals surface area (Å²) < 4.78 is 14.6.